The zero-order valence-electron chi connectivity index (χ0n) is 18.8. The van der Waals surface area contributed by atoms with Crippen LogP contribution in [0, 0.1) is 5.92 Å². The summed E-state index contributed by atoms with van der Waals surface area (Å²) in [5.74, 6) is -2.13. The highest BCUT2D eigenvalue weighted by atomic mass is 19.1. The van der Waals surface area contributed by atoms with Crippen LogP contribution in [-0.4, -0.2) is 78.2 Å². The van der Waals surface area contributed by atoms with Gasteiger partial charge < -0.3 is 14.2 Å². The van der Waals surface area contributed by atoms with E-state index in [9.17, 15) is 14.0 Å². The van der Waals surface area contributed by atoms with Gasteiger partial charge in [0.1, 0.15) is 11.8 Å². The van der Waals surface area contributed by atoms with Crippen molar-refractivity contribution in [2.45, 2.75) is 89.9 Å². The molecule has 0 N–H and O–H groups in total. The molecule has 30 heavy (non-hydrogen) atoms. The van der Waals surface area contributed by atoms with Gasteiger partial charge in [-0.2, -0.15) is 0 Å². The Hall–Kier alpha value is -1.25. The van der Waals surface area contributed by atoms with Crippen LogP contribution >= 0.6 is 0 Å². The molecular weight excluding hydrogens is 391 g/mol. The fourth-order valence-corrected chi connectivity index (χ4v) is 4.60. The molecular formula is C22H37FN2O5. The first-order valence-electron chi connectivity index (χ1n) is 11.4. The fraction of sp³-hybridized carbons (Fsp3) is 0.909. The van der Waals surface area contributed by atoms with Crippen molar-refractivity contribution in [1.29, 1.82) is 0 Å². The molecule has 0 amide bonds. The molecule has 3 aliphatic rings. The van der Waals surface area contributed by atoms with Crippen LogP contribution in [-0.2, 0) is 23.8 Å². The molecule has 1 aliphatic carbocycles. The quantitative estimate of drug-likeness (QED) is 0.578. The molecule has 2 heterocycles. The first kappa shape index (κ1) is 23.4. The molecule has 3 rings (SSSR count). The van der Waals surface area contributed by atoms with Crippen LogP contribution in [0.4, 0.5) is 4.39 Å². The lowest BCUT2D eigenvalue weighted by molar-refractivity contribution is -0.294. The molecule has 0 aromatic carbocycles. The molecule has 3 fully saturated rings. The minimum Gasteiger partial charge on any atom is -0.466 e. The maximum atomic E-state index is 13.9. The van der Waals surface area contributed by atoms with Crippen LogP contribution in [0.3, 0.4) is 0 Å². The minimum absolute atomic E-state index is 0.119. The highest BCUT2D eigenvalue weighted by molar-refractivity contribution is 5.79. The van der Waals surface area contributed by atoms with Gasteiger partial charge in [-0.15, -0.1) is 0 Å². The Balaban J connectivity index is 1.78. The fourth-order valence-electron chi connectivity index (χ4n) is 4.60. The second kappa shape index (κ2) is 9.49. The third-order valence-electron chi connectivity index (χ3n) is 6.09. The standard InChI is InChI=1S/C22H37FN2O5/c1-5-28-19(26)16-8-10-18(11-9-16)29-22(24-12-6-7-13-24,25-14-17(23)15-25)20(27)30-21(2,3)4/h16-18H,5-15H2,1-4H3. The Morgan fingerprint density at radius 3 is 2.10 bits per heavy atom. The van der Waals surface area contributed by atoms with E-state index >= 15 is 0 Å². The molecule has 8 heteroatoms. The van der Waals surface area contributed by atoms with Crippen molar-refractivity contribution in [2.75, 3.05) is 32.8 Å². The van der Waals surface area contributed by atoms with Crippen molar-refractivity contribution in [3.05, 3.63) is 0 Å². The second-order valence-corrected chi connectivity index (χ2v) is 9.65. The zero-order valence-corrected chi connectivity index (χ0v) is 18.8. The van der Waals surface area contributed by atoms with Crippen LogP contribution in [0.1, 0.15) is 66.2 Å². The molecule has 1 saturated carbocycles. The number of hydrogen-bond donors (Lipinski definition) is 0. The number of halogens is 1. The van der Waals surface area contributed by atoms with Crippen LogP contribution in [0.2, 0.25) is 0 Å². The SMILES string of the molecule is CCOC(=O)C1CCC(OC(C(=O)OC(C)(C)C)(N2CCCC2)N2CC(F)C2)CC1. The number of carbonyl (C=O) groups excluding carboxylic acids is 2. The number of rotatable bonds is 7. The molecule has 1 unspecified atom stereocenters. The van der Waals surface area contributed by atoms with Gasteiger partial charge in [-0.05, 0) is 66.2 Å². The summed E-state index contributed by atoms with van der Waals surface area (Å²) >= 11 is 0. The summed E-state index contributed by atoms with van der Waals surface area (Å²) in [4.78, 5) is 29.4. The summed E-state index contributed by atoms with van der Waals surface area (Å²) in [5, 5.41) is 0. The Morgan fingerprint density at radius 1 is 1.00 bits per heavy atom. The van der Waals surface area contributed by atoms with E-state index in [0.717, 1.165) is 12.8 Å². The van der Waals surface area contributed by atoms with E-state index in [4.69, 9.17) is 14.2 Å². The predicted octanol–water partition coefficient (Wildman–Crippen LogP) is 2.87. The smallest absolute Gasteiger partial charge is 0.371 e. The number of carbonyl (C=O) groups is 2. The van der Waals surface area contributed by atoms with E-state index < -0.39 is 23.6 Å². The number of esters is 2. The average Bonchev–Trinajstić information content (AvgIpc) is 3.18. The van der Waals surface area contributed by atoms with Crippen LogP contribution in [0.25, 0.3) is 0 Å². The largest absolute Gasteiger partial charge is 0.466 e. The summed E-state index contributed by atoms with van der Waals surface area (Å²) in [6.07, 6.45) is 3.44. The highest BCUT2D eigenvalue weighted by Gasteiger charge is 2.58. The monoisotopic (exact) mass is 428 g/mol. The molecule has 0 radical (unpaired) electrons. The van der Waals surface area contributed by atoms with Crippen LogP contribution in [0.15, 0.2) is 0 Å². The molecule has 0 spiro atoms. The third-order valence-corrected chi connectivity index (χ3v) is 6.09. The maximum absolute atomic E-state index is 13.9. The number of alkyl halides is 1. The molecule has 1 atom stereocenters. The molecule has 0 bridgehead atoms. The predicted molar refractivity (Wildman–Crippen MR) is 109 cm³/mol. The Bertz CT molecular complexity index is 605. The first-order valence-corrected chi connectivity index (χ1v) is 11.4. The lowest BCUT2D eigenvalue weighted by atomic mass is 9.87. The van der Waals surface area contributed by atoms with Gasteiger partial charge in [0.25, 0.3) is 5.85 Å². The van der Waals surface area contributed by atoms with Crippen molar-refractivity contribution in [1.82, 2.24) is 9.80 Å². The van der Waals surface area contributed by atoms with Crippen LogP contribution in [0.5, 0.6) is 0 Å². The maximum Gasteiger partial charge on any atom is 0.371 e. The van der Waals surface area contributed by atoms with Gasteiger partial charge in [-0.1, -0.05) is 0 Å². The summed E-state index contributed by atoms with van der Waals surface area (Å²) < 4.78 is 31.4. The second-order valence-electron chi connectivity index (χ2n) is 9.65. The van der Waals surface area contributed by atoms with E-state index in [2.05, 4.69) is 0 Å². The van der Waals surface area contributed by atoms with E-state index in [1.54, 1.807) is 4.90 Å². The molecule has 0 aromatic heterocycles. The van der Waals surface area contributed by atoms with Gasteiger partial charge >= 0.3 is 11.9 Å². The van der Waals surface area contributed by atoms with E-state index in [1.807, 2.05) is 32.6 Å². The van der Waals surface area contributed by atoms with Crippen molar-refractivity contribution < 1.29 is 28.2 Å². The molecule has 172 valence electrons. The van der Waals surface area contributed by atoms with Gasteiger partial charge in [0.2, 0.25) is 0 Å². The highest BCUT2D eigenvalue weighted by Crippen LogP contribution is 2.38. The third kappa shape index (κ3) is 5.14. The zero-order chi connectivity index (χ0) is 21.9. The Morgan fingerprint density at radius 2 is 1.60 bits per heavy atom. The average molecular weight is 429 g/mol. The van der Waals surface area contributed by atoms with E-state index in [0.29, 0.717) is 45.4 Å². The number of ether oxygens (including phenoxy) is 3. The Kier molecular flexibility index (Phi) is 7.40. The summed E-state index contributed by atoms with van der Waals surface area (Å²) in [6, 6.07) is 0. The van der Waals surface area contributed by atoms with Gasteiger partial charge in [0, 0.05) is 26.2 Å². The van der Waals surface area contributed by atoms with Crippen molar-refractivity contribution in [3.8, 4) is 0 Å². The van der Waals surface area contributed by atoms with Gasteiger partial charge in [0.05, 0.1) is 18.6 Å². The topological polar surface area (TPSA) is 68.3 Å². The van der Waals surface area contributed by atoms with E-state index in [-0.39, 0.29) is 31.1 Å². The first-order chi connectivity index (χ1) is 14.2. The summed E-state index contributed by atoms with van der Waals surface area (Å²) in [6.45, 7) is 9.43. The molecule has 7 nitrogen and oxygen atoms in total. The molecule has 0 aromatic rings. The number of hydrogen-bond acceptors (Lipinski definition) is 7. The van der Waals surface area contributed by atoms with Crippen LogP contribution < -0.4 is 0 Å². The number of likely N-dealkylation sites (tertiary alicyclic amines) is 2. The van der Waals surface area contributed by atoms with Gasteiger partial charge in [0.15, 0.2) is 0 Å². The minimum atomic E-state index is -1.40. The van der Waals surface area contributed by atoms with Gasteiger partial charge in [-0.3, -0.25) is 9.69 Å². The van der Waals surface area contributed by atoms with Gasteiger partial charge in [-0.25, -0.2) is 14.1 Å². The lowest BCUT2D eigenvalue weighted by Crippen LogP contribution is -2.74. The summed E-state index contributed by atoms with van der Waals surface area (Å²) in [7, 11) is 0. The Labute approximate surface area is 179 Å². The molecule has 2 aliphatic heterocycles. The number of nitrogens with zero attached hydrogens (tertiary/aromatic N) is 2. The molecule has 2 saturated heterocycles. The van der Waals surface area contributed by atoms with Crippen molar-refractivity contribution in [3.63, 3.8) is 0 Å². The van der Waals surface area contributed by atoms with E-state index in [1.165, 1.54) is 0 Å². The normalized spacial score (nSPS) is 28.6. The summed E-state index contributed by atoms with van der Waals surface area (Å²) in [5.41, 5.74) is -0.674. The van der Waals surface area contributed by atoms with Crippen molar-refractivity contribution >= 4 is 11.9 Å². The van der Waals surface area contributed by atoms with Crippen molar-refractivity contribution in [2.24, 2.45) is 5.92 Å². The lowest BCUT2D eigenvalue weighted by Gasteiger charge is -2.53.